The average Bonchev–Trinajstić information content (AvgIpc) is 3.37. The normalized spacial score (nSPS) is 16.0. The van der Waals surface area contributed by atoms with E-state index in [-0.39, 0.29) is 11.3 Å². The van der Waals surface area contributed by atoms with E-state index in [0.29, 0.717) is 0 Å². The number of nitrogens with one attached hydrogen (secondary N) is 1. The fourth-order valence-electron chi connectivity index (χ4n) is 3.59. The van der Waals surface area contributed by atoms with Crippen molar-refractivity contribution in [2.24, 2.45) is 0 Å². The molecule has 0 atom stereocenters. The van der Waals surface area contributed by atoms with Crippen LogP contribution < -0.4 is 5.32 Å². The minimum Gasteiger partial charge on any atom is -0.324 e. The van der Waals surface area contributed by atoms with Gasteiger partial charge in [0.1, 0.15) is 11.6 Å². The molecular weight excluding hydrogens is 332 g/mol. The first kappa shape index (κ1) is 16.0. The SMILES string of the molecule is Cc1nccn1-c1ccc(NC(=O)C2(c3cccs3)CCCC2)cn1. The van der Waals surface area contributed by atoms with Gasteiger partial charge in [-0.3, -0.25) is 9.36 Å². The number of anilines is 1. The van der Waals surface area contributed by atoms with Gasteiger partial charge in [0.2, 0.25) is 5.91 Å². The molecule has 1 saturated carbocycles. The van der Waals surface area contributed by atoms with Crippen molar-refractivity contribution >= 4 is 22.9 Å². The Morgan fingerprint density at radius 2 is 2.08 bits per heavy atom. The molecule has 0 aliphatic heterocycles. The van der Waals surface area contributed by atoms with Crippen LogP contribution in [0.5, 0.6) is 0 Å². The number of hydrogen-bond donors (Lipinski definition) is 1. The molecule has 1 fully saturated rings. The summed E-state index contributed by atoms with van der Waals surface area (Å²) in [6, 6.07) is 7.91. The number of carbonyl (C=O) groups excluding carboxylic acids is 1. The molecule has 0 saturated heterocycles. The van der Waals surface area contributed by atoms with E-state index in [1.165, 1.54) is 4.88 Å². The number of hydrogen-bond acceptors (Lipinski definition) is 4. The van der Waals surface area contributed by atoms with Crippen LogP contribution in [-0.2, 0) is 10.2 Å². The van der Waals surface area contributed by atoms with Crippen LogP contribution in [0.15, 0.2) is 48.2 Å². The number of pyridine rings is 1. The Hall–Kier alpha value is -2.47. The molecule has 6 heteroatoms. The Morgan fingerprint density at radius 1 is 1.24 bits per heavy atom. The summed E-state index contributed by atoms with van der Waals surface area (Å²) in [6.45, 7) is 1.93. The lowest BCUT2D eigenvalue weighted by molar-refractivity contribution is -0.121. The van der Waals surface area contributed by atoms with Crippen LogP contribution in [0.2, 0.25) is 0 Å². The van der Waals surface area contributed by atoms with Crippen molar-refractivity contribution < 1.29 is 4.79 Å². The topological polar surface area (TPSA) is 59.8 Å². The van der Waals surface area contributed by atoms with Crippen molar-refractivity contribution in [3.8, 4) is 5.82 Å². The molecule has 5 nitrogen and oxygen atoms in total. The van der Waals surface area contributed by atoms with E-state index in [9.17, 15) is 4.79 Å². The smallest absolute Gasteiger partial charge is 0.235 e. The summed E-state index contributed by atoms with van der Waals surface area (Å²) in [4.78, 5) is 22.9. The van der Waals surface area contributed by atoms with E-state index in [2.05, 4.69) is 21.4 Å². The van der Waals surface area contributed by atoms with E-state index < -0.39 is 0 Å². The Bertz CT molecular complexity index is 861. The standard InChI is InChI=1S/C19H20N4OS/c1-14-20-10-11-23(14)17-7-6-15(13-21-17)22-18(24)19(8-2-3-9-19)16-5-4-12-25-16/h4-7,10-13H,2-3,8-9H2,1H3,(H,22,24). The highest BCUT2D eigenvalue weighted by molar-refractivity contribution is 7.10. The number of amides is 1. The van der Waals surface area contributed by atoms with Gasteiger partial charge in [0.25, 0.3) is 0 Å². The number of rotatable bonds is 4. The molecule has 1 aliphatic rings. The Labute approximate surface area is 150 Å². The van der Waals surface area contributed by atoms with Crippen molar-refractivity contribution in [3.05, 3.63) is 58.9 Å². The van der Waals surface area contributed by atoms with Crippen molar-refractivity contribution in [3.63, 3.8) is 0 Å². The summed E-state index contributed by atoms with van der Waals surface area (Å²) >= 11 is 1.67. The number of nitrogens with zero attached hydrogens (tertiary/aromatic N) is 3. The summed E-state index contributed by atoms with van der Waals surface area (Å²) in [5, 5.41) is 5.13. The van der Waals surface area contributed by atoms with E-state index in [4.69, 9.17) is 0 Å². The highest BCUT2D eigenvalue weighted by Crippen LogP contribution is 2.43. The molecule has 0 spiro atoms. The molecule has 3 heterocycles. The van der Waals surface area contributed by atoms with Crippen molar-refractivity contribution in [1.29, 1.82) is 0 Å². The predicted octanol–water partition coefficient (Wildman–Crippen LogP) is 4.09. The number of aryl methyl sites for hydroxylation is 1. The summed E-state index contributed by atoms with van der Waals surface area (Å²) in [5.41, 5.74) is 0.350. The van der Waals surface area contributed by atoms with E-state index in [1.54, 1.807) is 23.7 Å². The quantitative estimate of drug-likeness (QED) is 0.769. The lowest BCUT2D eigenvalue weighted by Crippen LogP contribution is -2.37. The first-order valence-electron chi connectivity index (χ1n) is 8.51. The molecule has 25 heavy (non-hydrogen) atoms. The second kappa shape index (κ2) is 6.44. The summed E-state index contributed by atoms with van der Waals surface area (Å²) in [5.74, 6) is 1.76. The Morgan fingerprint density at radius 3 is 2.68 bits per heavy atom. The molecule has 1 N–H and O–H groups in total. The van der Waals surface area contributed by atoms with E-state index >= 15 is 0 Å². The molecule has 1 aliphatic carbocycles. The van der Waals surface area contributed by atoms with Crippen LogP contribution in [0.3, 0.4) is 0 Å². The van der Waals surface area contributed by atoms with Gasteiger partial charge in [-0.1, -0.05) is 18.9 Å². The largest absolute Gasteiger partial charge is 0.324 e. The number of imidazole rings is 1. The molecule has 3 aromatic heterocycles. The van der Waals surface area contributed by atoms with Gasteiger partial charge in [-0.05, 0) is 43.3 Å². The molecule has 0 unspecified atom stereocenters. The minimum atomic E-state index is -0.381. The van der Waals surface area contributed by atoms with Gasteiger partial charge >= 0.3 is 0 Å². The summed E-state index contributed by atoms with van der Waals surface area (Å²) < 4.78 is 1.91. The molecule has 4 rings (SSSR count). The number of aromatic nitrogens is 3. The lowest BCUT2D eigenvalue weighted by Gasteiger charge is -2.26. The molecule has 0 bridgehead atoms. The van der Waals surface area contributed by atoms with Crippen LogP contribution >= 0.6 is 11.3 Å². The maximum atomic E-state index is 13.1. The molecule has 128 valence electrons. The predicted molar refractivity (Wildman–Crippen MR) is 99.2 cm³/mol. The molecular formula is C19H20N4OS. The molecule has 3 aromatic rings. The van der Waals surface area contributed by atoms with Crippen molar-refractivity contribution in [2.45, 2.75) is 38.0 Å². The van der Waals surface area contributed by atoms with Gasteiger partial charge in [-0.2, -0.15) is 0 Å². The molecule has 0 aromatic carbocycles. The zero-order valence-electron chi connectivity index (χ0n) is 14.1. The number of thiophene rings is 1. The summed E-state index contributed by atoms with van der Waals surface area (Å²) in [7, 11) is 0. The van der Waals surface area contributed by atoms with Gasteiger partial charge < -0.3 is 5.32 Å². The zero-order valence-corrected chi connectivity index (χ0v) is 14.9. The second-order valence-electron chi connectivity index (χ2n) is 6.47. The fraction of sp³-hybridized carbons (Fsp3) is 0.316. The summed E-state index contributed by atoms with van der Waals surface area (Å²) in [6.07, 6.45) is 9.37. The van der Waals surface area contributed by atoms with E-state index in [0.717, 1.165) is 43.0 Å². The third kappa shape index (κ3) is 2.87. The lowest BCUT2D eigenvalue weighted by atomic mass is 9.83. The van der Waals surface area contributed by atoms with Crippen LogP contribution in [-0.4, -0.2) is 20.4 Å². The van der Waals surface area contributed by atoms with Gasteiger partial charge in [0.15, 0.2) is 0 Å². The van der Waals surface area contributed by atoms with Gasteiger partial charge in [0.05, 0.1) is 17.3 Å². The van der Waals surface area contributed by atoms with Gasteiger partial charge in [-0.25, -0.2) is 9.97 Å². The van der Waals surface area contributed by atoms with Crippen molar-refractivity contribution in [2.75, 3.05) is 5.32 Å². The maximum Gasteiger partial charge on any atom is 0.235 e. The first-order chi connectivity index (χ1) is 12.2. The van der Waals surface area contributed by atoms with E-state index in [1.807, 2.05) is 41.3 Å². The first-order valence-corrected chi connectivity index (χ1v) is 9.39. The average molecular weight is 352 g/mol. The zero-order chi connectivity index (χ0) is 17.3. The molecule has 1 amide bonds. The van der Waals surface area contributed by atoms with Crippen molar-refractivity contribution in [1.82, 2.24) is 14.5 Å². The monoisotopic (exact) mass is 352 g/mol. The maximum absolute atomic E-state index is 13.1. The molecule has 0 radical (unpaired) electrons. The Kier molecular flexibility index (Phi) is 4.13. The van der Waals surface area contributed by atoms with Crippen LogP contribution in [0, 0.1) is 6.92 Å². The fourth-order valence-corrected chi connectivity index (χ4v) is 4.57. The second-order valence-corrected chi connectivity index (χ2v) is 7.42. The minimum absolute atomic E-state index is 0.0841. The highest BCUT2D eigenvalue weighted by Gasteiger charge is 2.43. The third-order valence-electron chi connectivity index (χ3n) is 4.96. The van der Waals surface area contributed by atoms with Gasteiger partial charge in [0, 0.05) is 17.3 Å². The van der Waals surface area contributed by atoms with Crippen LogP contribution in [0.4, 0.5) is 5.69 Å². The number of carbonyl (C=O) groups is 1. The van der Waals surface area contributed by atoms with Crippen LogP contribution in [0.25, 0.3) is 5.82 Å². The Balaban J connectivity index is 1.55. The van der Waals surface area contributed by atoms with Crippen LogP contribution in [0.1, 0.15) is 36.4 Å². The highest BCUT2D eigenvalue weighted by atomic mass is 32.1. The van der Waals surface area contributed by atoms with Gasteiger partial charge in [-0.15, -0.1) is 11.3 Å². The third-order valence-corrected chi connectivity index (χ3v) is 6.04.